The number of carbonyl (C=O) groups is 1. The molecule has 0 fully saturated rings. The summed E-state index contributed by atoms with van der Waals surface area (Å²) in [6.07, 6.45) is 0.0251. The lowest BCUT2D eigenvalue weighted by molar-refractivity contribution is -0.137. The van der Waals surface area contributed by atoms with Gasteiger partial charge in [0.1, 0.15) is 22.8 Å². The summed E-state index contributed by atoms with van der Waals surface area (Å²) in [4.78, 5) is 12.6. The molecule has 0 saturated heterocycles. The highest BCUT2D eigenvalue weighted by molar-refractivity contribution is 6.11. The van der Waals surface area contributed by atoms with Crippen molar-refractivity contribution in [3.63, 3.8) is 0 Å². The summed E-state index contributed by atoms with van der Waals surface area (Å²) in [6, 6.07) is 5.55. The molecule has 2 N–H and O–H groups in total. The fourth-order valence-electron chi connectivity index (χ4n) is 2.62. The Labute approximate surface area is 166 Å². The van der Waals surface area contributed by atoms with Crippen LogP contribution in [-0.4, -0.2) is 23.1 Å². The van der Waals surface area contributed by atoms with Crippen LogP contribution in [0.2, 0.25) is 0 Å². The van der Waals surface area contributed by atoms with Gasteiger partial charge in [-0.3, -0.25) is 4.79 Å². The van der Waals surface area contributed by atoms with E-state index in [1.54, 1.807) is 6.08 Å². The first kappa shape index (κ1) is 22.1. The molecule has 4 nitrogen and oxygen atoms in total. The highest BCUT2D eigenvalue weighted by Crippen LogP contribution is 2.39. The van der Waals surface area contributed by atoms with Crippen molar-refractivity contribution >= 4 is 11.9 Å². The summed E-state index contributed by atoms with van der Waals surface area (Å²) in [6.45, 7) is 3.72. The second-order valence-corrected chi connectivity index (χ2v) is 6.60. The van der Waals surface area contributed by atoms with Crippen molar-refractivity contribution in [3.05, 3.63) is 70.3 Å². The summed E-state index contributed by atoms with van der Waals surface area (Å²) >= 11 is 0. The van der Waals surface area contributed by atoms with Gasteiger partial charge in [0.15, 0.2) is 5.78 Å². The van der Waals surface area contributed by atoms with Crippen LogP contribution in [-0.2, 0) is 12.6 Å². The number of rotatable bonds is 6. The smallest absolute Gasteiger partial charge is 0.416 e. The van der Waals surface area contributed by atoms with E-state index < -0.39 is 23.3 Å². The molecule has 0 atom stereocenters. The van der Waals surface area contributed by atoms with E-state index in [9.17, 15) is 28.2 Å². The Balaban J connectivity index is 2.37. The molecule has 0 heterocycles. The molecule has 2 aromatic carbocycles. The lowest BCUT2D eigenvalue weighted by Crippen LogP contribution is -2.04. The number of aromatic hydroxyl groups is 2. The van der Waals surface area contributed by atoms with Gasteiger partial charge in [0, 0.05) is 11.6 Å². The third kappa shape index (κ3) is 5.40. The molecule has 0 aromatic heterocycles. The Kier molecular flexibility index (Phi) is 6.74. The molecule has 29 heavy (non-hydrogen) atoms. The lowest BCUT2D eigenvalue weighted by atomic mass is 9.99. The zero-order valence-electron chi connectivity index (χ0n) is 16.2. The minimum atomic E-state index is -4.44. The molecule has 0 bridgehead atoms. The zero-order chi connectivity index (χ0) is 21.8. The minimum absolute atomic E-state index is 0.0111. The van der Waals surface area contributed by atoms with E-state index in [0.29, 0.717) is 5.56 Å². The number of phenols is 2. The van der Waals surface area contributed by atoms with Crippen LogP contribution in [0.15, 0.2) is 48.1 Å². The highest BCUT2D eigenvalue weighted by Gasteiger charge is 2.29. The van der Waals surface area contributed by atoms with Gasteiger partial charge < -0.3 is 14.9 Å². The van der Waals surface area contributed by atoms with Crippen LogP contribution in [0.4, 0.5) is 13.2 Å². The number of ether oxygens (including phenoxy) is 1. The molecule has 0 radical (unpaired) electrons. The van der Waals surface area contributed by atoms with E-state index in [0.717, 1.165) is 23.8 Å². The van der Waals surface area contributed by atoms with Gasteiger partial charge in [0.25, 0.3) is 0 Å². The monoisotopic (exact) mass is 406 g/mol. The summed E-state index contributed by atoms with van der Waals surface area (Å²) in [5, 5.41) is 20.7. The summed E-state index contributed by atoms with van der Waals surface area (Å²) < 4.78 is 43.0. The van der Waals surface area contributed by atoms with Gasteiger partial charge in [-0.2, -0.15) is 13.2 Å². The quantitative estimate of drug-likeness (QED) is 0.376. The fraction of sp³-hybridized carbons (Fsp3) is 0.227. The first-order valence-electron chi connectivity index (χ1n) is 8.69. The molecule has 2 rings (SSSR count). The molecule has 0 aliphatic carbocycles. The predicted molar refractivity (Wildman–Crippen MR) is 104 cm³/mol. The zero-order valence-corrected chi connectivity index (χ0v) is 16.2. The number of hydrogen-bond acceptors (Lipinski definition) is 4. The van der Waals surface area contributed by atoms with Gasteiger partial charge in [-0.1, -0.05) is 29.9 Å². The molecule has 0 aliphatic rings. The average molecular weight is 406 g/mol. The number of benzene rings is 2. The summed E-state index contributed by atoms with van der Waals surface area (Å²) in [7, 11) is 1.29. The molecular formula is C22H21F3O4. The number of halogens is 3. The second kappa shape index (κ2) is 8.86. The number of ketones is 1. The van der Waals surface area contributed by atoms with E-state index in [4.69, 9.17) is 4.74 Å². The lowest BCUT2D eigenvalue weighted by Gasteiger charge is -2.13. The van der Waals surface area contributed by atoms with Crippen LogP contribution in [0.3, 0.4) is 0 Å². The molecule has 154 valence electrons. The average Bonchev–Trinajstić information content (AvgIpc) is 2.64. The Morgan fingerprint density at radius 3 is 2.28 bits per heavy atom. The fourth-order valence-corrected chi connectivity index (χ4v) is 2.62. The number of carbonyl (C=O) groups excluding carboxylic acids is 1. The van der Waals surface area contributed by atoms with Crippen LogP contribution in [0.25, 0.3) is 6.08 Å². The predicted octanol–water partition coefficient (Wildman–Crippen LogP) is 5.53. The van der Waals surface area contributed by atoms with Gasteiger partial charge in [0.2, 0.25) is 0 Å². The van der Waals surface area contributed by atoms with Gasteiger partial charge in [-0.05, 0) is 44.0 Å². The normalized spacial score (nSPS) is 11.5. The maximum atomic E-state index is 12.6. The largest absolute Gasteiger partial charge is 0.507 e. The number of alkyl halides is 3. The molecular weight excluding hydrogens is 385 g/mol. The SMILES string of the molecule is COc1cc(O)c(CC=C(C)C)c(O)c1C(=O)/C=C/c1ccc(C(F)(F)F)cc1. The first-order chi connectivity index (χ1) is 13.5. The molecule has 0 amide bonds. The molecule has 0 aliphatic heterocycles. The highest BCUT2D eigenvalue weighted by atomic mass is 19.4. The van der Waals surface area contributed by atoms with Crippen molar-refractivity contribution in [2.24, 2.45) is 0 Å². The van der Waals surface area contributed by atoms with Gasteiger partial charge in [0.05, 0.1) is 12.7 Å². The molecule has 0 spiro atoms. The molecule has 0 saturated carbocycles. The van der Waals surface area contributed by atoms with Crippen molar-refractivity contribution in [3.8, 4) is 17.2 Å². The first-order valence-corrected chi connectivity index (χ1v) is 8.69. The third-order valence-corrected chi connectivity index (χ3v) is 4.19. The maximum absolute atomic E-state index is 12.6. The van der Waals surface area contributed by atoms with Crippen molar-refractivity contribution in [2.75, 3.05) is 7.11 Å². The number of phenolic OH excluding ortho intramolecular Hbond substituents is 2. The van der Waals surface area contributed by atoms with Crippen molar-refractivity contribution in [2.45, 2.75) is 26.4 Å². The number of hydrogen-bond donors (Lipinski definition) is 2. The van der Waals surface area contributed by atoms with Crippen LogP contribution in [0.5, 0.6) is 17.2 Å². The summed E-state index contributed by atoms with van der Waals surface area (Å²) in [5.74, 6) is -1.23. The Hall–Kier alpha value is -3.22. The number of allylic oxidation sites excluding steroid dienone is 3. The van der Waals surface area contributed by atoms with Crippen LogP contribution >= 0.6 is 0 Å². The number of methoxy groups -OCH3 is 1. The second-order valence-electron chi connectivity index (χ2n) is 6.60. The Morgan fingerprint density at radius 2 is 1.76 bits per heavy atom. The minimum Gasteiger partial charge on any atom is -0.507 e. The topological polar surface area (TPSA) is 66.8 Å². The van der Waals surface area contributed by atoms with E-state index in [1.165, 1.54) is 31.4 Å². The van der Waals surface area contributed by atoms with E-state index in [1.807, 2.05) is 13.8 Å². The van der Waals surface area contributed by atoms with Crippen molar-refractivity contribution in [1.82, 2.24) is 0 Å². The van der Waals surface area contributed by atoms with Crippen molar-refractivity contribution in [1.29, 1.82) is 0 Å². The standard InChI is InChI=1S/C22H21F3O4/c1-13(2)4-10-16-18(27)12-19(29-3)20(21(16)28)17(26)11-7-14-5-8-15(9-6-14)22(23,24)25/h4-9,11-12,27-28H,10H2,1-3H3/b11-7+. The maximum Gasteiger partial charge on any atom is 0.416 e. The van der Waals surface area contributed by atoms with Gasteiger partial charge in [-0.15, -0.1) is 0 Å². The third-order valence-electron chi connectivity index (χ3n) is 4.19. The van der Waals surface area contributed by atoms with E-state index in [-0.39, 0.29) is 29.0 Å². The van der Waals surface area contributed by atoms with Gasteiger partial charge in [-0.25, -0.2) is 0 Å². The Morgan fingerprint density at radius 1 is 1.14 bits per heavy atom. The van der Waals surface area contributed by atoms with E-state index in [2.05, 4.69) is 0 Å². The molecule has 7 heteroatoms. The summed E-state index contributed by atoms with van der Waals surface area (Å²) in [5.41, 5.74) is 0.606. The van der Waals surface area contributed by atoms with E-state index >= 15 is 0 Å². The molecule has 2 aromatic rings. The molecule has 0 unspecified atom stereocenters. The van der Waals surface area contributed by atoms with Crippen molar-refractivity contribution < 1.29 is 32.9 Å². The van der Waals surface area contributed by atoms with Crippen LogP contribution in [0.1, 0.15) is 40.9 Å². The Bertz CT molecular complexity index is 952. The van der Waals surface area contributed by atoms with Gasteiger partial charge >= 0.3 is 6.18 Å². The van der Waals surface area contributed by atoms with Crippen LogP contribution in [0, 0.1) is 0 Å². The van der Waals surface area contributed by atoms with Crippen LogP contribution < -0.4 is 4.74 Å².